The van der Waals surface area contributed by atoms with Gasteiger partial charge in [-0.1, -0.05) is 5.16 Å². The molecule has 0 aliphatic rings. The summed E-state index contributed by atoms with van der Waals surface area (Å²) in [5.74, 6) is 0.182. The normalized spacial score (nSPS) is 10.8. The van der Waals surface area contributed by atoms with Crippen LogP contribution in [0.15, 0.2) is 28.2 Å². The zero-order valence-corrected chi connectivity index (χ0v) is 11.2. The van der Waals surface area contributed by atoms with Crippen molar-refractivity contribution in [3.8, 4) is 0 Å². The second-order valence-corrected chi connectivity index (χ2v) is 5.10. The van der Waals surface area contributed by atoms with Gasteiger partial charge in [-0.05, 0) is 32.0 Å². The standard InChI is InChI=1S/C13H11N3O2S/c1-7-8(2)16-18-13(7)15-12(17)9-3-4-10-11(5-9)19-6-14-10/h3-6H,1-2H3,(H,15,17). The van der Waals surface area contributed by atoms with Crippen molar-refractivity contribution >= 4 is 33.3 Å². The van der Waals surface area contributed by atoms with Crippen molar-refractivity contribution in [2.45, 2.75) is 13.8 Å². The highest BCUT2D eigenvalue weighted by molar-refractivity contribution is 7.16. The van der Waals surface area contributed by atoms with E-state index in [2.05, 4.69) is 15.5 Å². The Balaban J connectivity index is 1.89. The molecule has 3 aromatic rings. The number of amides is 1. The molecule has 2 heterocycles. The van der Waals surface area contributed by atoms with E-state index in [1.54, 1.807) is 11.6 Å². The van der Waals surface area contributed by atoms with E-state index in [1.807, 2.05) is 26.0 Å². The molecule has 1 N–H and O–H groups in total. The summed E-state index contributed by atoms with van der Waals surface area (Å²) in [6.07, 6.45) is 0. The van der Waals surface area contributed by atoms with Crippen LogP contribution in [0, 0.1) is 13.8 Å². The van der Waals surface area contributed by atoms with E-state index in [-0.39, 0.29) is 5.91 Å². The smallest absolute Gasteiger partial charge is 0.258 e. The fraction of sp³-hybridized carbons (Fsp3) is 0.154. The maximum absolute atomic E-state index is 12.1. The molecule has 0 fully saturated rings. The van der Waals surface area contributed by atoms with Crippen LogP contribution in [0.5, 0.6) is 0 Å². The first-order valence-corrected chi connectivity index (χ1v) is 6.60. The molecule has 0 aliphatic carbocycles. The van der Waals surface area contributed by atoms with Gasteiger partial charge in [-0.15, -0.1) is 11.3 Å². The maximum Gasteiger partial charge on any atom is 0.258 e. The predicted octanol–water partition coefficient (Wildman–Crippen LogP) is 3.15. The lowest BCUT2D eigenvalue weighted by Gasteiger charge is -2.02. The number of thiazole rings is 1. The third kappa shape index (κ3) is 2.10. The molecule has 96 valence electrons. The highest BCUT2D eigenvalue weighted by atomic mass is 32.1. The van der Waals surface area contributed by atoms with Gasteiger partial charge in [0.05, 0.1) is 21.4 Å². The molecule has 0 radical (unpaired) electrons. The summed E-state index contributed by atoms with van der Waals surface area (Å²) in [6.45, 7) is 3.69. The van der Waals surface area contributed by atoms with Crippen LogP contribution in [0.4, 0.5) is 5.88 Å². The number of nitrogens with one attached hydrogen (secondary N) is 1. The molecule has 0 spiro atoms. The third-order valence-electron chi connectivity index (χ3n) is 2.98. The number of aryl methyl sites for hydroxylation is 1. The molecule has 3 rings (SSSR count). The summed E-state index contributed by atoms with van der Waals surface area (Å²) >= 11 is 1.51. The predicted molar refractivity (Wildman–Crippen MR) is 73.6 cm³/mol. The average Bonchev–Trinajstić information content (AvgIpc) is 2.99. The van der Waals surface area contributed by atoms with Crippen molar-refractivity contribution in [3.63, 3.8) is 0 Å². The Hall–Kier alpha value is -2.21. The average molecular weight is 273 g/mol. The summed E-state index contributed by atoms with van der Waals surface area (Å²) in [4.78, 5) is 16.3. The maximum atomic E-state index is 12.1. The Bertz CT molecular complexity index is 760. The fourth-order valence-electron chi connectivity index (χ4n) is 1.70. The van der Waals surface area contributed by atoms with Crippen LogP contribution in [0.2, 0.25) is 0 Å². The van der Waals surface area contributed by atoms with Crippen LogP contribution in [0.1, 0.15) is 21.6 Å². The van der Waals surface area contributed by atoms with Crippen molar-refractivity contribution in [2.24, 2.45) is 0 Å². The molecular formula is C13H11N3O2S. The van der Waals surface area contributed by atoms with E-state index < -0.39 is 0 Å². The molecule has 0 unspecified atom stereocenters. The van der Waals surface area contributed by atoms with E-state index in [0.717, 1.165) is 21.5 Å². The molecule has 19 heavy (non-hydrogen) atoms. The number of nitrogens with zero attached hydrogens (tertiary/aromatic N) is 2. The summed E-state index contributed by atoms with van der Waals surface area (Å²) in [5, 5.41) is 6.53. The highest BCUT2D eigenvalue weighted by Crippen LogP contribution is 2.21. The van der Waals surface area contributed by atoms with Crippen LogP contribution in [0.25, 0.3) is 10.2 Å². The van der Waals surface area contributed by atoms with Gasteiger partial charge in [-0.3, -0.25) is 10.1 Å². The fourth-order valence-corrected chi connectivity index (χ4v) is 2.42. The van der Waals surface area contributed by atoms with Gasteiger partial charge < -0.3 is 4.52 Å². The second-order valence-electron chi connectivity index (χ2n) is 4.21. The number of hydrogen-bond donors (Lipinski definition) is 1. The molecule has 0 bridgehead atoms. The summed E-state index contributed by atoms with van der Waals surface area (Å²) in [7, 11) is 0. The van der Waals surface area contributed by atoms with Gasteiger partial charge in [0.15, 0.2) is 0 Å². The first-order valence-electron chi connectivity index (χ1n) is 5.72. The van der Waals surface area contributed by atoms with Gasteiger partial charge in [-0.25, -0.2) is 4.98 Å². The molecule has 1 aromatic carbocycles. The number of carbonyl (C=O) groups excluding carboxylic acids is 1. The second kappa shape index (κ2) is 4.47. The SMILES string of the molecule is Cc1noc(NC(=O)c2ccc3ncsc3c2)c1C. The number of rotatable bonds is 2. The van der Waals surface area contributed by atoms with E-state index in [4.69, 9.17) is 4.52 Å². The third-order valence-corrected chi connectivity index (χ3v) is 3.77. The zero-order chi connectivity index (χ0) is 13.4. The largest absolute Gasteiger partial charge is 0.338 e. The number of anilines is 1. The monoisotopic (exact) mass is 273 g/mol. The number of fused-ring (bicyclic) bond motifs is 1. The van der Waals surface area contributed by atoms with E-state index >= 15 is 0 Å². The Morgan fingerprint density at radius 2 is 2.21 bits per heavy atom. The first-order chi connectivity index (χ1) is 9.15. The lowest BCUT2D eigenvalue weighted by Crippen LogP contribution is -2.11. The summed E-state index contributed by atoms with van der Waals surface area (Å²) < 4.78 is 6.05. The van der Waals surface area contributed by atoms with Gasteiger partial charge in [0.2, 0.25) is 5.88 Å². The van der Waals surface area contributed by atoms with Gasteiger partial charge in [-0.2, -0.15) is 0 Å². The van der Waals surface area contributed by atoms with Crippen LogP contribution in [0.3, 0.4) is 0 Å². The molecule has 5 nitrogen and oxygen atoms in total. The topological polar surface area (TPSA) is 68.0 Å². The number of aromatic nitrogens is 2. The summed E-state index contributed by atoms with van der Waals surface area (Å²) in [6, 6.07) is 5.40. The Kier molecular flexibility index (Phi) is 2.79. The van der Waals surface area contributed by atoms with Crippen LogP contribution >= 0.6 is 11.3 Å². The zero-order valence-electron chi connectivity index (χ0n) is 10.4. The minimum absolute atomic E-state index is 0.213. The Labute approximate surface area is 113 Å². The lowest BCUT2D eigenvalue weighted by atomic mass is 10.2. The molecule has 0 saturated carbocycles. The van der Waals surface area contributed by atoms with E-state index in [9.17, 15) is 4.79 Å². The van der Waals surface area contributed by atoms with Gasteiger partial charge in [0, 0.05) is 11.1 Å². The lowest BCUT2D eigenvalue weighted by molar-refractivity contribution is 0.102. The van der Waals surface area contributed by atoms with Crippen LogP contribution in [-0.4, -0.2) is 16.0 Å². The van der Waals surface area contributed by atoms with Crippen molar-refractivity contribution in [3.05, 3.63) is 40.5 Å². The molecule has 0 atom stereocenters. The van der Waals surface area contributed by atoms with Gasteiger partial charge in [0.1, 0.15) is 0 Å². The molecule has 1 amide bonds. The highest BCUT2D eigenvalue weighted by Gasteiger charge is 2.13. The Morgan fingerprint density at radius 3 is 2.95 bits per heavy atom. The van der Waals surface area contributed by atoms with Crippen LogP contribution < -0.4 is 5.32 Å². The van der Waals surface area contributed by atoms with Gasteiger partial charge >= 0.3 is 0 Å². The number of benzene rings is 1. The van der Waals surface area contributed by atoms with Crippen molar-refractivity contribution in [1.29, 1.82) is 0 Å². The minimum atomic E-state index is -0.213. The first kappa shape index (κ1) is 11.9. The quantitative estimate of drug-likeness (QED) is 0.778. The molecule has 2 aromatic heterocycles. The van der Waals surface area contributed by atoms with Crippen molar-refractivity contribution in [2.75, 3.05) is 5.32 Å². The number of hydrogen-bond acceptors (Lipinski definition) is 5. The summed E-state index contributed by atoms with van der Waals surface area (Å²) in [5.41, 5.74) is 4.84. The van der Waals surface area contributed by atoms with E-state index in [0.29, 0.717) is 11.4 Å². The van der Waals surface area contributed by atoms with Crippen LogP contribution in [-0.2, 0) is 0 Å². The molecular weight excluding hydrogens is 262 g/mol. The minimum Gasteiger partial charge on any atom is -0.338 e. The number of carbonyl (C=O) groups is 1. The van der Waals surface area contributed by atoms with Gasteiger partial charge in [0.25, 0.3) is 5.91 Å². The molecule has 0 aliphatic heterocycles. The van der Waals surface area contributed by atoms with Crippen molar-refractivity contribution in [1.82, 2.24) is 10.1 Å². The molecule has 0 saturated heterocycles. The van der Waals surface area contributed by atoms with E-state index in [1.165, 1.54) is 11.3 Å². The molecule has 6 heteroatoms. The Morgan fingerprint density at radius 1 is 1.37 bits per heavy atom. The van der Waals surface area contributed by atoms with Crippen molar-refractivity contribution < 1.29 is 9.32 Å².